The molecule has 466 valence electrons. The van der Waals surface area contributed by atoms with E-state index in [0.29, 0.717) is 0 Å². The topological polar surface area (TPSA) is 0 Å². The zero-order valence-corrected chi connectivity index (χ0v) is 60.0. The smallest absolute Gasteiger partial charge is 0.0651 e. The number of aryl methyl sites for hydroxylation is 4. The number of hydrogen-bond donors (Lipinski definition) is 0. The fraction of sp³-hybridized carbons (Fsp3) is 0.737. The Kier molecular flexibility index (Phi) is 34.5. The van der Waals surface area contributed by atoms with Crippen LogP contribution in [0.15, 0.2) is 24.3 Å². The molecule has 7 aromatic rings. The van der Waals surface area contributed by atoms with Crippen LogP contribution in [-0.4, -0.2) is 0 Å². The molecule has 0 aromatic carbocycles. The normalized spacial score (nSPS) is 13.0. The van der Waals surface area contributed by atoms with Crippen molar-refractivity contribution in [2.24, 2.45) is 11.8 Å². The second-order valence-corrected chi connectivity index (χ2v) is 34.0. The summed E-state index contributed by atoms with van der Waals surface area (Å²) in [6, 6.07) is 9.56. The van der Waals surface area contributed by atoms with Gasteiger partial charge in [0, 0.05) is 29.3 Å². The van der Waals surface area contributed by atoms with E-state index in [-0.39, 0.29) is 0 Å². The van der Waals surface area contributed by atoms with Gasteiger partial charge < -0.3 is 0 Å². The maximum Gasteiger partial charge on any atom is 0.0651 e. The van der Waals surface area contributed by atoms with Crippen LogP contribution in [0.1, 0.15) is 344 Å². The van der Waals surface area contributed by atoms with Crippen molar-refractivity contribution in [1.29, 1.82) is 0 Å². The molecule has 2 unspecified atom stereocenters. The highest BCUT2D eigenvalue weighted by Gasteiger charge is 2.26. The quantitative estimate of drug-likeness (QED) is 0.0333. The van der Waals surface area contributed by atoms with E-state index in [1.165, 1.54) is 328 Å². The molecule has 7 heterocycles. The van der Waals surface area contributed by atoms with Crippen LogP contribution in [0.3, 0.4) is 0 Å². The minimum Gasteiger partial charge on any atom is -0.140 e. The maximum absolute atomic E-state index is 2.43. The number of hydrogen-bond acceptors (Lipinski definition) is 7. The van der Waals surface area contributed by atoms with Crippen molar-refractivity contribution in [1.82, 2.24) is 0 Å². The first-order valence-corrected chi connectivity index (χ1v) is 41.6. The van der Waals surface area contributed by atoms with Crippen molar-refractivity contribution in [3.63, 3.8) is 0 Å². The van der Waals surface area contributed by atoms with Crippen LogP contribution < -0.4 is 0 Å². The Morgan fingerprint density at radius 1 is 0.241 bits per heavy atom. The molecule has 0 N–H and O–H groups in total. The van der Waals surface area contributed by atoms with Crippen LogP contribution in [0.2, 0.25) is 0 Å². The Morgan fingerprint density at radius 3 is 0.723 bits per heavy atom. The molecule has 2 atom stereocenters. The summed E-state index contributed by atoms with van der Waals surface area (Å²) in [4.78, 5) is 9.03. The summed E-state index contributed by atoms with van der Waals surface area (Å²) >= 11 is 14.8. The van der Waals surface area contributed by atoms with Gasteiger partial charge in [0.25, 0.3) is 0 Å². The van der Waals surface area contributed by atoms with E-state index in [1.807, 2.05) is 22.7 Å². The molecular formula is C76H120S7. The van der Waals surface area contributed by atoms with Gasteiger partial charge in [0.1, 0.15) is 0 Å². The average molecular weight is 1260 g/mol. The summed E-state index contributed by atoms with van der Waals surface area (Å²) in [7, 11) is 0. The lowest BCUT2D eigenvalue weighted by Gasteiger charge is -2.17. The van der Waals surface area contributed by atoms with Crippen molar-refractivity contribution in [2.45, 2.75) is 350 Å². The maximum atomic E-state index is 2.43. The molecule has 0 saturated heterocycles. The largest absolute Gasteiger partial charge is 0.140 e. The molecule has 7 heteroatoms. The van der Waals surface area contributed by atoms with Gasteiger partial charge in [0.05, 0.1) is 37.6 Å². The highest BCUT2D eigenvalue weighted by atomic mass is 32.1. The fourth-order valence-electron chi connectivity index (χ4n) is 13.8. The number of rotatable bonds is 52. The molecule has 0 fully saturated rings. The summed E-state index contributed by atoms with van der Waals surface area (Å²) in [5, 5.41) is 0. The highest BCUT2D eigenvalue weighted by molar-refractivity contribution is 7.49. The van der Waals surface area contributed by atoms with Gasteiger partial charge in [-0.1, -0.05) is 310 Å². The number of fused-ring (bicyclic) bond motifs is 7. The molecular weight excluding hydrogens is 1140 g/mol. The molecule has 0 aliphatic heterocycles. The van der Waals surface area contributed by atoms with Crippen molar-refractivity contribution in [2.75, 3.05) is 0 Å². The van der Waals surface area contributed by atoms with E-state index < -0.39 is 0 Å². The molecule has 0 aliphatic rings. The number of unbranched alkanes of at least 4 members (excludes halogenated alkanes) is 34. The predicted molar refractivity (Wildman–Crippen MR) is 391 cm³/mol. The van der Waals surface area contributed by atoms with E-state index in [2.05, 4.69) is 122 Å². The average Bonchev–Trinajstić information content (AvgIpc) is 1.84. The monoisotopic (exact) mass is 1260 g/mol. The minimum absolute atomic E-state index is 0.982. The first-order valence-electron chi connectivity index (χ1n) is 35.9. The first-order chi connectivity index (χ1) is 40.9. The molecule has 0 saturated carbocycles. The zero-order valence-electron chi connectivity index (χ0n) is 54.3. The zero-order chi connectivity index (χ0) is 58.1. The number of thiophene rings is 7. The lowest BCUT2D eigenvalue weighted by molar-refractivity contribution is 0.365. The molecule has 0 radical (unpaired) electrons. The van der Waals surface area contributed by atoms with Gasteiger partial charge in [-0.3, -0.25) is 0 Å². The first kappa shape index (κ1) is 69.4. The standard InChI is InChI=1S/C76H120S7/c1-7-11-15-19-23-25-33-41-49-61(47-39-31-21-17-13-9-3)51-43-35-27-29-37-45-53-63-67(65-57-55-59(5)77-65)79-71-69(63)81-75-73(71)83-74-72-70(82-76(74)75)64(68(80-72)66-58-56-60(6)78-66)54-46-38-30-28-36-44-52-62(48-40-32-22-18-14-10-4)50-42-34-26-24-20-16-12-8-2/h55-58,61-62H,7-54H2,1-6H3. The summed E-state index contributed by atoms with van der Waals surface area (Å²) in [5.74, 6) is 1.96. The third kappa shape index (κ3) is 23.4. The molecule has 0 amide bonds. The molecule has 0 nitrogen and oxygen atoms in total. The third-order valence-corrected chi connectivity index (χ3v) is 28.5. The molecule has 0 spiro atoms. The van der Waals surface area contributed by atoms with Gasteiger partial charge in [-0.2, -0.15) is 0 Å². The van der Waals surface area contributed by atoms with Crippen molar-refractivity contribution < 1.29 is 0 Å². The summed E-state index contributed by atoms with van der Waals surface area (Å²) in [5.41, 5.74) is 3.35. The van der Waals surface area contributed by atoms with Gasteiger partial charge in [-0.05, 0) is 86.8 Å². The summed E-state index contributed by atoms with van der Waals surface area (Å²) in [6.45, 7) is 13.9. The molecule has 0 aliphatic carbocycles. The molecule has 83 heavy (non-hydrogen) atoms. The van der Waals surface area contributed by atoms with Crippen LogP contribution in [-0.2, 0) is 12.8 Å². The van der Waals surface area contributed by atoms with Gasteiger partial charge in [-0.15, -0.1) is 79.4 Å². The highest BCUT2D eigenvalue weighted by Crippen LogP contribution is 2.58. The van der Waals surface area contributed by atoms with Crippen LogP contribution in [0.4, 0.5) is 0 Å². The Balaban J connectivity index is 0.922. The lowest BCUT2D eigenvalue weighted by Crippen LogP contribution is -2.01. The fourth-order valence-corrected chi connectivity index (χ4v) is 23.7. The molecule has 0 bridgehead atoms. The Hall–Kier alpha value is -1.06. The van der Waals surface area contributed by atoms with Crippen molar-refractivity contribution in [3.8, 4) is 19.5 Å². The molecule has 7 aromatic heterocycles. The van der Waals surface area contributed by atoms with Gasteiger partial charge in [0.2, 0.25) is 0 Å². The molecule has 7 rings (SSSR count). The SMILES string of the molecule is CCCCCCCCCCC(CCCCCCCC)CCCCCCCCc1c(-c2ccc(C)s2)sc2c1sc1c2sc2c3sc(-c4ccc(C)s4)c(CCCCCCCCC(CCCCCCCC)CCCCCCCCCC)c3sc21. The van der Waals surface area contributed by atoms with Crippen LogP contribution in [0.5, 0.6) is 0 Å². The van der Waals surface area contributed by atoms with Gasteiger partial charge >= 0.3 is 0 Å². The van der Waals surface area contributed by atoms with E-state index >= 15 is 0 Å². The van der Waals surface area contributed by atoms with Gasteiger partial charge in [0.15, 0.2) is 0 Å². The van der Waals surface area contributed by atoms with Crippen LogP contribution in [0, 0.1) is 25.7 Å². The van der Waals surface area contributed by atoms with E-state index in [9.17, 15) is 0 Å². The summed E-state index contributed by atoms with van der Waals surface area (Å²) < 4.78 is 12.8. The van der Waals surface area contributed by atoms with E-state index in [0.717, 1.165) is 11.8 Å². The second kappa shape index (κ2) is 41.3. The Labute approximate surface area is 538 Å². The predicted octanol–water partition coefficient (Wildman–Crippen LogP) is 31.0. The Morgan fingerprint density at radius 2 is 0.470 bits per heavy atom. The Bertz CT molecular complexity index is 2550. The second-order valence-electron chi connectivity index (χ2n) is 26.3. The van der Waals surface area contributed by atoms with E-state index in [1.54, 1.807) is 58.5 Å². The summed E-state index contributed by atoms with van der Waals surface area (Å²) in [6.07, 6.45) is 68.8. The van der Waals surface area contributed by atoms with Crippen molar-refractivity contribution >= 4 is 117 Å². The van der Waals surface area contributed by atoms with E-state index in [4.69, 9.17) is 0 Å². The van der Waals surface area contributed by atoms with Crippen molar-refractivity contribution in [3.05, 3.63) is 45.1 Å². The van der Waals surface area contributed by atoms with Crippen LogP contribution in [0.25, 0.3) is 57.1 Å². The minimum atomic E-state index is 0.982. The van der Waals surface area contributed by atoms with Crippen LogP contribution >= 0.6 is 79.4 Å². The lowest BCUT2D eigenvalue weighted by atomic mass is 9.89. The van der Waals surface area contributed by atoms with Gasteiger partial charge in [-0.25, -0.2) is 0 Å². The third-order valence-electron chi connectivity index (χ3n) is 18.9.